The molecule has 15 heteroatoms. The van der Waals surface area contributed by atoms with Crippen LogP contribution >= 0.6 is 0 Å². The number of esters is 1. The molecule has 1 amide bonds. The van der Waals surface area contributed by atoms with Crippen LogP contribution in [0.15, 0.2) is 137 Å². The van der Waals surface area contributed by atoms with E-state index in [0.29, 0.717) is 54.1 Å². The van der Waals surface area contributed by atoms with Crippen molar-refractivity contribution < 1.29 is 47.5 Å². The number of methoxy groups -OCH3 is 2. The van der Waals surface area contributed by atoms with Crippen molar-refractivity contribution in [1.82, 2.24) is 14.9 Å². The van der Waals surface area contributed by atoms with Crippen LogP contribution in [0.5, 0.6) is 28.7 Å². The number of aromatic nitrogens is 2. The molecule has 1 aliphatic rings. The van der Waals surface area contributed by atoms with E-state index in [0.717, 1.165) is 79.2 Å². The Morgan fingerprint density at radius 1 is 0.453 bits per heavy atom. The maximum absolute atomic E-state index is 14.9. The number of rotatable bonds is 70. The summed E-state index contributed by atoms with van der Waals surface area (Å²) in [5, 5.41) is 3.37. The van der Waals surface area contributed by atoms with Crippen molar-refractivity contribution in [3.8, 4) is 28.7 Å². The van der Waals surface area contributed by atoms with Gasteiger partial charge in [0.1, 0.15) is 35.5 Å². The number of unbranched alkanes of at least 4 members (excludes halogenated alkanes) is 45. The van der Waals surface area contributed by atoms with E-state index in [9.17, 15) is 19.2 Å². The summed E-state index contributed by atoms with van der Waals surface area (Å²) >= 11 is 0. The normalized spacial score (nSPS) is 14.4. The average molecular weight is 1620 g/mol. The molecule has 1 aliphatic heterocycles. The topological polar surface area (TPSA) is 175 Å². The zero-order valence-corrected chi connectivity index (χ0v) is 73.7. The fourth-order valence-electron chi connectivity index (χ4n) is 16.6. The van der Waals surface area contributed by atoms with Crippen LogP contribution in [0.1, 0.15) is 394 Å². The fourth-order valence-corrected chi connectivity index (χ4v) is 16.6. The number of benzene rings is 5. The number of ether oxygens (including phenoxy) is 8. The highest BCUT2D eigenvalue weighted by molar-refractivity contribution is 5.82. The molecule has 15 nitrogen and oxygen atoms in total. The summed E-state index contributed by atoms with van der Waals surface area (Å²) in [6.45, 7) is 9.87. The lowest BCUT2D eigenvalue weighted by Gasteiger charge is -2.37. The number of carbonyl (C=O) groups excluding carboxylic acids is 2. The molecule has 0 spiro atoms. The highest BCUT2D eigenvalue weighted by atomic mass is 16.6. The summed E-state index contributed by atoms with van der Waals surface area (Å²) in [6, 6.07) is 38.5. The largest absolute Gasteiger partial charge is 0.497 e. The SMILES string of the molecule is CCCCCCCCCCCCCCCCCCOc1ccc(C(NC(=O)CCC(=O)O[C@@H]2C[C@H](n3cc(C)c(=O)[nH]c3=O)O[C@@H]2COC(c2ccccc2)(c2ccc(OC)cc2)c2ccc(OC)cc2)c2ccccc2)c(OCCCCCCCCCCCCCCCCCC)c1OCCCCCCCCCCCCCCCCCC. The van der Waals surface area contributed by atoms with Crippen molar-refractivity contribution >= 4 is 11.9 Å². The Kier molecular flexibility index (Phi) is 49.8. The molecule has 0 aliphatic carbocycles. The highest BCUT2D eigenvalue weighted by Crippen LogP contribution is 2.46. The van der Waals surface area contributed by atoms with Gasteiger partial charge in [-0.15, -0.1) is 0 Å². The Labute approximate surface area is 706 Å². The average Bonchev–Trinajstić information content (AvgIpc) is 1.32. The number of nitrogens with zero attached hydrogens (tertiary/aromatic N) is 1. The Morgan fingerprint density at radius 3 is 1.24 bits per heavy atom. The van der Waals surface area contributed by atoms with Gasteiger partial charge in [0.25, 0.3) is 5.56 Å². The maximum Gasteiger partial charge on any atom is 0.330 e. The maximum atomic E-state index is 14.9. The number of hydrogen-bond acceptors (Lipinski definition) is 12. The summed E-state index contributed by atoms with van der Waals surface area (Å²) in [7, 11) is 3.24. The second kappa shape index (κ2) is 60.2. The van der Waals surface area contributed by atoms with Gasteiger partial charge in [-0.1, -0.05) is 395 Å². The molecule has 1 aromatic heterocycles. The quantitative estimate of drug-likeness (QED) is 0.0210. The van der Waals surface area contributed by atoms with Gasteiger partial charge in [0, 0.05) is 30.2 Å². The molecule has 0 bridgehead atoms. The van der Waals surface area contributed by atoms with Crippen LogP contribution in [-0.4, -0.2) is 74.3 Å². The van der Waals surface area contributed by atoms with Crippen LogP contribution in [-0.2, 0) is 29.4 Å². The second-order valence-electron chi connectivity index (χ2n) is 33.4. The molecule has 7 rings (SSSR count). The monoisotopic (exact) mass is 1610 g/mol. The standard InChI is InChI=1S/C102H155N3O12/c1-7-10-13-16-19-22-25-28-31-34-37-40-43-46-49-58-77-112-91-74-73-90(98(113-78-59-50-47-44-41-38-35-32-29-26-23-20-17-14-11-8-2)99(91)114-79-60-51-48-45-42-39-36-33-30-27-24-21-18-15-12-9-3)97(84-61-54-52-55-62-84)103-94(106)75-76-96(107)117-92-80-95(105-81-83(4)100(108)104-101(105)109)116-93(92)82-115-102(85-63-56-53-57-64-85,86-65-69-88(110-5)70-66-86)87-67-71-89(111-6)72-68-87/h52-57,61-74,81,92-93,95,97H,7-51,58-60,75-80,82H2,1-6H3,(H,103,106)(H,104,108,109)/t92-,93-,95-,97?/m1/s1. The molecule has 6 aromatic rings. The number of hydrogen-bond donors (Lipinski definition) is 2. The summed E-state index contributed by atoms with van der Waals surface area (Å²) in [4.78, 5) is 58.3. The lowest BCUT2D eigenvalue weighted by molar-refractivity contribution is -0.156. The van der Waals surface area contributed by atoms with Crippen LogP contribution in [0.3, 0.4) is 0 Å². The van der Waals surface area contributed by atoms with Crippen molar-refractivity contribution in [3.63, 3.8) is 0 Å². The molecule has 650 valence electrons. The van der Waals surface area contributed by atoms with Crippen molar-refractivity contribution in [2.75, 3.05) is 40.6 Å². The molecule has 2 N–H and O–H groups in total. The predicted molar refractivity (Wildman–Crippen MR) is 480 cm³/mol. The van der Waals surface area contributed by atoms with Crippen LogP contribution in [0.2, 0.25) is 0 Å². The zero-order valence-electron chi connectivity index (χ0n) is 73.7. The van der Waals surface area contributed by atoms with Gasteiger partial charge >= 0.3 is 11.7 Å². The summed E-state index contributed by atoms with van der Waals surface area (Å²) < 4.78 is 54.0. The molecule has 1 unspecified atom stereocenters. The minimum Gasteiger partial charge on any atom is -0.497 e. The van der Waals surface area contributed by atoms with Crippen LogP contribution in [0.4, 0.5) is 0 Å². The van der Waals surface area contributed by atoms with Gasteiger partial charge in [-0.2, -0.15) is 0 Å². The van der Waals surface area contributed by atoms with E-state index in [1.807, 2.05) is 121 Å². The minimum atomic E-state index is -1.26. The number of amides is 1. The van der Waals surface area contributed by atoms with E-state index >= 15 is 0 Å². The molecule has 1 fully saturated rings. The van der Waals surface area contributed by atoms with Crippen molar-refractivity contribution in [2.45, 2.75) is 385 Å². The summed E-state index contributed by atoms with van der Waals surface area (Å²) in [5.74, 6) is 2.11. The number of nitrogens with one attached hydrogen (secondary N) is 2. The Hall–Kier alpha value is -7.36. The van der Waals surface area contributed by atoms with Gasteiger partial charge in [0.05, 0.1) is 53.1 Å². The number of H-pyrrole nitrogens is 1. The molecular weight excluding hydrogens is 1460 g/mol. The van der Waals surface area contributed by atoms with Crippen LogP contribution < -0.4 is 40.3 Å². The Balaban J connectivity index is 1.08. The molecule has 1 saturated heterocycles. The first-order valence-corrected chi connectivity index (χ1v) is 47.1. The molecule has 2 heterocycles. The first-order valence-electron chi connectivity index (χ1n) is 47.1. The first-order chi connectivity index (χ1) is 57.5. The van der Waals surface area contributed by atoms with E-state index in [-0.39, 0.29) is 31.8 Å². The summed E-state index contributed by atoms with van der Waals surface area (Å²) in [6.07, 6.45) is 59.9. The van der Waals surface area contributed by atoms with E-state index in [2.05, 4.69) is 31.1 Å². The van der Waals surface area contributed by atoms with Gasteiger partial charge in [-0.3, -0.25) is 23.9 Å². The second-order valence-corrected chi connectivity index (χ2v) is 33.4. The lowest BCUT2D eigenvalue weighted by atomic mass is 9.80. The third-order valence-corrected chi connectivity index (χ3v) is 23.7. The minimum absolute atomic E-state index is 0.0438. The molecule has 0 saturated carbocycles. The number of aryl methyl sites for hydroxylation is 1. The van der Waals surface area contributed by atoms with Crippen molar-refractivity contribution in [2.24, 2.45) is 0 Å². The third-order valence-electron chi connectivity index (χ3n) is 23.7. The predicted octanol–water partition coefficient (Wildman–Crippen LogP) is 26.7. The molecule has 4 atom stereocenters. The number of carbonyl (C=O) groups is 2. The molecular formula is C102H155N3O12. The fraction of sp³-hybridized carbons (Fsp3) is 0.647. The third kappa shape index (κ3) is 36.6. The summed E-state index contributed by atoms with van der Waals surface area (Å²) in [5.41, 5.74) is 1.82. The van der Waals surface area contributed by atoms with E-state index in [4.69, 9.17) is 37.9 Å². The van der Waals surface area contributed by atoms with Crippen LogP contribution in [0.25, 0.3) is 0 Å². The van der Waals surface area contributed by atoms with E-state index < -0.39 is 47.3 Å². The van der Waals surface area contributed by atoms with E-state index in [1.165, 1.54) is 268 Å². The highest BCUT2D eigenvalue weighted by Gasteiger charge is 2.44. The number of aromatic amines is 1. The smallest absolute Gasteiger partial charge is 0.330 e. The van der Waals surface area contributed by atoms with Crippen LogP contribution in [0, 0.1) is 6.92 Å². The van der Waals surface area contributed by atoms with Gasteiger partial charge in [0.15, 0.2) is 11.5 Å². The van der Waals surface area contributed by atoms with Gasteiger partial charge in [0.2, 0.25) is 11.7 Å². The van der Waals surface area contributed by atoms with Crippen molar-refractivity contribution in [1.29, 1.82) is 0 Å². The lowest BCUT2D eigenvalue weighted by Crippen LogP contribution is -2.39. The zero-order chi connectivity index (χ0) is 82.9. The first kappa shape index (κ1) is 96.8. The Bertz CT molecular complexity index is 3610. The van der Waals surface area contributed by atoms with Gasteiger partial charge in [-0.25, -0.2) is 4.79 Å². The molecule has 0 radical (unpaired) electrons. The van der Waals surface area contributed by atoms with Gasteiger partial charge < -0.3 is 43.2 Å². The Morgan fingerprint density at radius 2 is 0.829 bits per heavy atom. The van der Waals surface area contributed by atoms with Crippen molar-refractivity contribution in [3.05, 3.63) is 182 Å². The van der Waals surface area contributed by atoms with E-state index in [1.54, 1.807) is 21.1 Å². The van der Waals surface area contributed by atoms with Gasteiger partial charge in [-0.05, 0) is 84.8 Å². The molecule has 5 aromatic carbocycles. The molecule has 117 heavy (non-hydrogen) atoms.